The lowest BCUT2D eigenvalue weighted by Gasteiger charge is -2.28. The molecule has 8 heteroatoms. The van der Waals surface area contributed by atoms with E-state index in [-0.39, 0.29) is 0 Å². The first-order valence-corrected chi connectivity index (χ1v) is 16.4. The number of rotatable bonds is 9. The van der Waals surface area contributed by atoms with Gasteiger partial charge in [0, 0.05) is 52.3 Å². The van der Waals surface area contributed by atoms with Gasteiger partial charge in [0.25, 0.3) is 0 Å². The minimum atomic E-state index is -1.12. The number of fused-ring (bicyclic) bond motifs is 1. The van der Waals surface area contributed by atoms with Crippen LogP contribution in [0.4, 0.5) is 5.82 Å². The van der Waals surface area contributed by atoms with Crippen LogP contribution in [0, 0.1) is 5.41 Å². The second-order valence-corrected chi connectivity index (χ2v) is 17.2. The van der Waals surface area contributed by atoms with E-state index in [1.165, 1.54) is 18.4 Å². The van der Waals surface area contributed by atoms with E-state index in [1.807, 2.05) is 4.68 Å². The monoisotopic (exact) mass is 478 g/mol. The molecule has 1 N–H and O–H groups in total. The maximum absolute atomic E-state index is 6.08. The van der Waals surface area contributed by atoms with Crippen LogP contribution in [0.25, 0.3) is 22.3 Å². The predicted octanol–water partition coefficient (Wildman–Crippen LogP) is 4.56. The molecule has 1 aliphatic carbocycles. The number of nitrogens with zero attached hydrogens (tertiary/aromatic N) is 5. The van der Waals surface area contributed by atoms with Gasteiger partial charge in [-0.05, 0) is 48.4 Å². The number of hydrogen-bond acceptors (Lipinski definition) is 6. The van der Waals surface area contributed by atoms with Gasteiger partial charge in [-0.2, -0.15) is 5.10 Å². The average Bonchev–Trinajstić information content (AvgIpc) is 3.43. The predicted molar refractivity (Wildman–Crippen MR) is 141 cm³/mol. The fraction of sp³-hybridized carbons (Fsp3) is 0.577. The highest BCUT2D eigenvalue weighted by Gasteiger charge is 2.37. The number of nitrogens with one attached hydrogen (secondary N) is 1. The third kappa shape index (κ3) is 5.50. The second kappa shape index (κ2) is 9.39. The summed E-state index contributed by atoms with van der Waals surface area (Å²) < 4.78 is 8.08. The smallest absolute Gasteiger partial charge is 0.140 e. The molecule has 1 aliphatic heterocycles. The van der Waals surface area contributed by atoms with E-state index in [0.717, 1.165) is 73.4 Å². The van der Waals surface area contributed by atoms with Crippen LogP contribution in [0.1, 0.15) is 25.3 Å². The number of hydrogen-bond donors (Lipinski definition) is 1. The van der Waals surface area contributed by atoms with Crippen molar-refractivity contribution in [3.8, 4) is 11.4 Å². The van der Waals surface area contributed by atoms with Crippen molar-refractivity contribution < 1.29 is 4.74 Å². The molecule has 1 saturated heterocycles. The molecule has 2 aromatic heterocycles. The van der Waals surface area contributed by atoms with Crippen LogP contribution >= 0.6 is 0 Å². The van der Waals surface area contributed by atoms with Crippen molar-refractivity contribution in [2.45, 2.75) is 58.6 Å². The highest BCUT2D eigenvalue weighted by molar-refractivity contribution is 6.76. The summed E-state index contributed by atoms with van der Waals surface area (Å²) in [7, 11) is -1.12. The summed E-state index contributed by atoms with van der Waals surface area (Å²) >= 11 is 0. The van der Waals surface area contributed by atoms with Gasteiger partial charge in [-0.15, -0.1) is 0 Å². The number of piperazine rings is 1. The van der Waals surface area contributed by atoms with Crippen LogP contribution in [-0.4, -0.2) is 60.6 Å². The maximum Gasteiger partial charge on any atom is 0.140 e. The molecule has 1 aromatic carbocycles. The van der Waals surface area contributed by atoms with Crippen molar-refractivity contribution in [1.82, 2.24) is 25.1 Å². The summed E-state index contributed by atoms with van der Waals surface area (Å²) in [6, 6.07) is 10.1. The van der Waals surface area contributed by atoms with Gasteiger partial charge in [0.1, 0.15) is 24.6 Å². The lowest BCUT2D eigenvalue weighted by Crippen LogP contribution is -2.43. The van der Waals surface area contributed by atoms with E-state index < -0.39 is 8.07 Å². The van der Waals surface area contributed by atoms with Gasteiger partial charge in [0.2, 0.25) is 0 Å². The molecule has 3 aromatic rings. The third-order valence-electron chi connectivity index (χ3n) is 7.10. The summed E-state index contributed by atoms with van der Waals surface area (Å²) in [6.07, 6.45) is 5.44. The van der Waals surface area contributed by atoms with Crippen molar-refractivity contribution in [2.24, 2.45) is 5.41 Å². The molecule has 34 heavy (non-hydrogen) atoms. The lowest BCUT2D eigenvalue weighted by molar-refractivity contribution is 0.0818. The van der Waals surface area contributed by atoms with Crippen LogP contribution in [0.5, 0.6) is 0 Å². The molecule has 7 nitrogen and oxygen atoms in total. The number of ether oxygens (including phenoxy) is 1. The van der Waals surface area contributed by atoms with Crippen molar-refractivity contribution in [1.29, 1.82) is 0 Å². The quantitative estimate of drug-likeness (QED) is 0.359. The van der Waals surface area contributed by atoms with Crippen molar-refractivity contribution in [3.63, 3.8) is 0 Å². The fourth-order valence-corrected chi connectivity index (χ4v) is 5.34. The van der Waals surface area contributed by atoms with E-state index in [0.29, 0.717) is 12.1 Å². The van der Waals surface area contributed by atoms with Crippen molar-refractivity contribution in [2.75, 3.05) is 37.7 Å². The Morgan fingerprint density at radius 3 is 2.62 bits per heavy atom. The van der Waals surface area contributed by atoms with Gasteiger partial charge < -0.3 is 15.0 Å². The van der Waals surface area contributed by atoms with Crippen molar-refractivity contribution in [3.05, 3.63) is 36.2 Å². The Labute approximate surface area is 203 Å². The van der Waals surface area contributed by atoms with E-state index in [4.69, 9.17) is 9.84 Å². The number of aromatic nitrogens is 4. The van der Waals surface area contributed by atoms with E-state index in [1.54, 1.807) is 6.33 Å². The molecule has 0 bridgehead atoms. The standard InChI is InChI=1S/C26H38N6OSi/c1-26(7-8-26)17-20-5-6-23-21(15-20)25(30-32(23)19-33-13-14-34(2,3)4)22-16-24(29-18-28-22)31-11-9-27-10-12-31/h5-6,15-16,18,27H,7-14,17,19H2,1-4H3. The maximum atomic E-state index is 6.08. The first kappa shape index (κ1) is 23.4. The largest absolute Gasteiger partial charge is 0.360 e. The first-order valence-electron chi connectivity index (χ1n) is 12.7. The Hall–Kier alpha value is -2.29. The Kier molecular flexibility index (Phi) is 6.48. The topological polar surface area (TPSA) is 68.1 Å². The summed E-state index contributed by atoms with van der Waals surface area (Å²) in [4.78, 5) is 11.5. The van der Waals surface area contributed by atoms with Crippen LogP contribution in [0.15, 0.2) is 30.6 Å². The molecule has 182 valence electrons. The van der Waals surface area contributed by atoms with Crippen LogP contribution in [0.2, 0.25) is 25.7 Å². The number of anilines is 1. The van der Waals surface area contributed by atoms with Gasteiger partial charge in [-0.25, -0.2) is 14.6 Å². The summed E-state index contributed by atoms with van der Waals surface area (Å²) in [6.45, 7) is 14.6. The molecule has 0 spiro atoms. The highest BCUT2D eigenvalue weighted by Crippen LogP contribution is 2.48. The third-order valence-corrected chi connectivity index (χ3v) is 8.80. The molecule has 1 saturated carbocycles. The molecule has 2 aliphatic rings. The Morgan fingerprint density at radius 2 is 1.88 bits per heavy atom. The Bertz CT molecular complexity index is 1140. The zero-order valence-corrected chi connectivity index (χ0v) is 22.1. The van der Waals surface area contributed by atoms with Gasteiger partial charge >= 0.3 is 0 Å². The highest BCUT2D eigenvalue weighted by atomic mass is 28.3. The molecular weight excluding hydrogens is 440 g/mol. The van der Waals surface area contributed by atoms with E-state index in [2.05, 4.69) is 71.0 Å². The normalized spacial score (nSPS) is 17.9. The summed E-state index contributed by atoms with van der Waals surface area (Å²) in [5.41, 5.74) is 4.75. The minimum absolute atomic E-state index is 0.466. The summed E-state index contributed by atoms with van der Waals surface area (Å²) in [5.74, 6) is 0.974. The zero-order valence-electron chi connectivity index (χ0n) is 21.1. The molecule has 0 radical (unpaired) electrons. The Balaban J connectivity index is 1.47. The molecule has 3 heterocycles. The Morgan fingerprint density at radius 1 is 1.09 bits per heavy atom. The van der Waals surface area contributed by atoms with Gasteiger partial charge in [-0.1, -0.05) is 32.6 Å². The molecule has 5 rings (SSSR count). The van der Waals surface area contributed by atoms with Gasteiger partial charge in [-0.3, -0.25) is 0 Å². The van der Waals surface area contributed by atoms with Crippen LogP contribution in [-0.2, 0) is 17.9 Å². The lowest BCUT2D eigenvalue weighted by atomic mass is 9.97. The first-order chi connectivity index (χ1) is 16.3. The second-order valence-electron chi connectivity index (χ2n) is 11.5. The molecule has 0 unspecified atom stereocenters. The molecule has 0 amide bonds. The van der Waals surface area contributed by atoms with Crippen LogP contribution in [0.3, 0.4) is 0 Å². The molecule has 0 atom stereocenters. The molecule has 2 fully saturated rings. The van der Waals surface area contributed by atoms with Crippen molar-refractivity contribution >= 4 is 24.8 Å². The number of benzene rings is 1. The molecular formula is C26H38N6OSi. The zero-order chi connectivity index (χ0) is 23.8. The van der Waals surface area contributed by atoms with E-state index >= 15 is 0 Å². The van der Waals surface area contributed by atoms with E-state index in [9.17, 15) is 0 Å². The van der Waals surface area contributed by atoms with Gasteiger partial charge in [0.15, 0.2) is 0 Å². The van der Waals surface area contributed by atoms with Gasteiger partial charge in [0.05, 0.1) is 11.2 Å². The fourth-order valence-electron chi connectivity index (χ4n) is 4.58. The summed E-state index contributed by atoms with van der Waals surface area (Å²) in [5, 5.41) is 9.58. The minimum Gasteiger partial charge on any atom is -0.360 e. The van der Waals surface area contributed by atoms with Crippen LogP contribution < -0.4 is 10.2 Å². The average molecular weight is 479 g/mol. The SMILES string of the molecule is CC1(Cc2ccc3c(c2)c(-c2cc(N4CCNCC4)ncn2)nn3COCC[Si](C)(C)C)CC1.